The average Bonchev–Trinajstić information content (AvgIpc) is 2.17. The molecule has 0 heterocycles. The van der Waals surface area contributed by atoms with Crippen LogP contribution in [0.15, 0.2) is 24.3 Å². The number of benzene rings is 1. The van der Waals surface area contributed by atoms with Crippen molar-refractivity contribution in [2.75, 3.05) is 0 Å². The van der Waals surface area contributed by atoms with E-state index in [1.807, 2.05) is 0 Å². The molecule has 15 heavy (non-hydrogen) atoms. The van der Waals surface area contributed by atoms with E-state index in [0.29, 0.717) is 0 Å². The third-order valence-corrected chi connectivity index (χ3v) is 2.22. The van der Waals surface area contributed by atoms with Gasteiger partial charge in [0.1, 0.15) is 0 Å². The quantitative estimate of drug-likeness (QED) is 0.839. The lowest BCUT2D eigenvalue weighted by molar-refractivity contribution is -0.0514. The SMILES string of the molecule is CC(C)C(F)(F)c1cccc(C(=O)O)c1. The molecule has 0 saturated heterocycles. The Labute approximate surface area is 86.5 Å². The molecule has 0 aliphatic carbocycles. The lowest BCUT2D eigenvalue weighted by Gasteiger charge is -2.20. The summed E-state index contributed by atoms with van der Waals surface area (Å²) in [6, 6.07) is 4.88. The third-order valence-electron chi connectivity index (χ3n) is 2.22. The first-order chi connectivity index (χ1) is 6.85. The van der Waals surface area contributed by atoms with Gasteiger partial charge < -0.3 is 5.11 Å². The lowest BCUT2D eigenvalue weighted by Crippen LogP contribution is -2.21. The summed E-state index contributed by atoms with van der Waals surface area (Å²) in [4.78, 5) is 10.6. The van der Waals surface area contributed by atoms with Gasteiger partial charge in [-0.25, -0.2) is 13.6 Å². The van der Waals surface area contributed by atoms with Crippen LogP contribution in [-0.2, 0) is 5.92 Å². The highest BCUT2D eigenvalue weighted by Crippen LogP contribution is 2.35. The molecule has 0 atom stereocenters. The maximum atomic E-state index is 13.5. The number of aromatic carboxylic acids is 1. The number of hydrogen-bond acceptors (Lipinski definition) is 1. The monoisotopic (exact) mass is 214 g/mol. The molecule has 0 aromatic heterocycles. The second kappa shape index (κ2) is 3.96. The van der Waals surface area contributed by atoms with Crippen LogP contribution in [0.3, 0.4) is 0 Å². The molecular weight excluding hydrogens is 202 g/mol. The van der Waals surface area contributed by atoms with E-state index in [0.717, 1.165) is 6.07 Å². The van der Waals surface area contributed by atoms with Crippen molar-refractivity contribution < 1.29 is 18.7 Å². The zero-order valence-corrected chi connectivity index (χ0v) is 8.50. The normalized spacial score (nSPS) is 11.8. The van der Waals surface area contributed by atoms with Gasteiger partial charge in [0.15, 0.2) is 0 Å². The zero-order valence-electron chi connectivity index (χ0n) is 8.50. The van der Waals surface area contributed by atoms with E-state index in [9.17, 15) is 13.6 Å². The Balaban J connectivity index is 3.16. The highest BCUT2D eigenvalue weighted by atomic mass is 19.3. The Morgan fingerprint density at radius 3 is 2.47 bits per heavy atom. The van der Waals surface area contributed by atoms with Crippen molar-refractivity contribution >= 4 is 5.97 Å². The van der Waals surface area contributed by atoms with Gasteiger partial charge in [0.2, 0.25) is 0 Å². The van der Waals surface area contributed by atoms with Crippen molar-refractivity contribution in [2.24, 2.45) is 5.92 Å². The Hall–Kier alpha value is -1.45. The van der Waals surface area contributed by atoms with E-state index < -0.39 is 17.8 Å². The summed E-state index contributed by atoms with van der Waals surface area (Å²) >= 11 is 0. The molecule has 0 radical (unpaired) electrons. The molecule has 1 rings (SSSR count). The summed E-state index contributed by atoms with van der Waals surface area (Å²) in [5, 5.41) is 8.67. The van der Waals surface area contributed by atoms with Crippen molar-refractivity contribution in [1.82, 2.24) is 0 Å². The van der Waals surface area contributed by atoms with Crippen LogP contribution in [0, 0.1) is 5.92 Å². The van der Waals surface area contributed by atoms with E-state index in [1.165, 1.54) is 32.0 Å². The molecule has 2 nitrogen and oxygen atoms in total. The Kier molecular flexibility index (Phi) is 3.07. The molecule has 0 aliphatic rings. The highest BCUT2D eigenvalue weighted by molar-refractivity contribution is 5.87. The van der Waals surface area contributed by atoms with Crippen LogP contribution in [-0.4, -0.2) is 11.1 Å². The van der Waals surface area contributed by atoms with Crippen molar-refractivity contribution in [3.63, 3.8) is 0 Å². The molecular formula is C11H12F2O2. The number of carboxylic acids is 1. The fourth-order valence-corrected chi connectivity index (χ4v) is 1.19. The smallest absolute Gasteiger partial charge is 0.335 e. The second-order valence-electron chi connectivity index (χ2n) is 3.66. The highest BCUT2D eigenvalue weighted by Gasteiger charge is 2.35. The van der Waals surface area contributed by atoms with Crippen molar-refractivity contribution in [3.8, 4) is 0 Å². The maximum absolute atomic E-state index is 13.5. The van der Waals surface area contributed by atoms with Gasteiger partial charge in [-0.15, -0.1) is 0 Å². The van der Waals surface area contributed by atoms with Crippen LogP contribution in [0.2, 0.25) is 0 Å². The number of hydrogen-bond donors (Lipinski definition) is 1. The molecule has 1 N–H and O–H groups in total. The van der Waals surface area contributed by atoms with Gasteiger partial charge in [0.05, 0.1) is 5.56 Å². The third kappa shape index (κ3) is 2.32. The van der Waals surface area contributed by atoms with Crippen LogP contribution in [0.5, 0.6) is 0 Å². The molecule has 0 amide bonds. The molecule has 0 spiro atoms. The minimum Gasteiger partial charge on any atom is -0.478 e. The topological polar surface area (TPSA) is 37.3 Å². The molecule has 1 aromatic rings. The minimum absolute atomic E-state index is 0.118. The van der Waals surface area contributed by atoms with Crippen LogP contribution < -0.4 is 0 Å². The molecule has 0 saturated carbocycles. The molecule has 0 fully saturated rings. The van der Waals surface area contributed by atoms with Crippen LogP contribution in [0.1, 0.15) is 29.8 Å². The van der Waals surface area contributed by atoms with Gasteiger partial charge in [0.25, 0.3) is 5.92 Å². The number of halogens is 2. The van der Waals surface area contributed by atoms with Gasteiger partial charge in [0, 0.05) is 11.5 Å². The summed E-state index contributed by atoms with van der Waals surface area (Å²) in [6.07, 6.45) is 0. The molecule has 82 valence electrons. The summed E-state index contributed by atoms with van der Waals surface area (Å²) in [7, 11) is 0. The van der Waals surface area contributed by atoms with E-state index in [-0.39, 0.29) is 11.1 Å². The van der Waals surface area contributed by atoms with Gasteiger partial charge in [-0.1, -0.05) is 26.0 Å². The van der Waals surface area contributed by atoms with E-state index in [2.05, 4.69) is 0 Å². The zero-order chi connectivity index (χ0) is 11.6. The molecule has 4 heteroatoms. The van der Waals surface area contributed by atoms with Crippen molar-refractivity contribution in [3.05, 3.63) is 35.4 Å². The molecule has 0 aliphatic heterocycles. The Morgan fingerprint density at radius 1 is 1.40 bits per heavy atom. The molecule has 0 unspecified atom stereocenters. The fraction of sp³-hybridized carbons (Fsp3) is 0.364. The van der Waals surface area contributed by atoms with Gasteiger partial charge in [-0.3, -0.25) is 0 Å². The summed E-state index contributed by atoms with van der Waals surface area (Å²) in [6.45, 7) is 2.79. The van der Waals surface area contributed by atoms with E-state index in [1.54, 1.807) is 0 Å². The lowest BCUT2D eigenvalue weighted by atomic mass is 9.96. The van der Waals surface area contributed by atoms with E-state index >= 15 is 0 Å². The maximum Gasteiger partial charge on any atom is 0.335 e. The first-order valence-corrected chi connectivity index (χ1v) is 4.57. The summed E-state index contributed by atoms with van der Waals surface area (Å²) < 4.78 is 27.1. The first-order valence-electron chi connectivity index (χ1n) is 4.57. The Morgan fingerprint density at radius 2 is 2.00 bits per heavy atom. The number of carbonyl (C=O) groups is 1. The number of alkyl halides is 2. The van der Waals surface area contributed by atoms with Crippen molar-refractivity contribution in [1.29, 1.82) is 0 Å². The largest absolute Gasteiger partial charge is 0.478 e. The Bertz CT molecular complexity index is 373. The molecule has 1 aromatic carbocycles. The summed E-state index contributed by atoms with van der Waals surface area (Å²) in [5.74, 6) is -5.05. The number of carboxylic acid groups (broad SMARTS) is 1. The van der Waals surface area contributed by atoms with Crippen LogP contribution in [0.25, 0.3) is 0 Å². The fourth-order valence-electron chi connectivity index (χ4n) is 1.19. The second-order valence-corrected chi connectivity index (χ2v) is 3.66. The van der Waals surface area contributed by atoms with E-state index in [4.69, 9.17) is 5.11 Å². The van der Waals surface area contributed by atoms with Crippen LogP contribution in [0.4, 0.5) is 8.78 Å². The van der Waals surface area contributed by atoms with Gasteiger partial charge >= 0.3 is 5.97 Å². The molecule has 0 bridgehead atoms. The van der Waals surface area contributed by atoms with Crippen LogP contribution >= 0.6 is 0 Å². The standard InChI is InChI=1S/C11H12F2O2/c1-7(2)11(12,13)9-5-3-4-8(6-9)10(14)15/h3-7H,1-2H3,(H,14,15). The first kappa shape index (κ1) is 11.6. The summed E-state index contributed by atoms with van der Waals surface area (Å²) in [5.41, 5.74) is -0.370. The van der Waals surface area contributed by atoms with Gasteiger partial charge in [-0.2, -0.15) is 0 Å². The predicted molar refractivity (Wildman–Crippen MR) is 52.1 cm³/mol. The minimum atomic E-state index is -2.99. The average molecular weight is 214 g/mol. The number of rotatable bonds is 3. The van der Waals surface area contributed by atoms with Gasteiger partial charge in [-0.05, 0) is 12.1 Å². The predicted octanol–water partition coefficient (Wildman–Crippen LogP) is 3.13. The van der Waals surface area contributed by atoms with Crippen molar-refractivity contribution in [2.45, 2.75) is 19.8 Å².